The van der Waals surface area contributed by atoms with Crippen molar-refractivity contribution in [3.05, 3.63) is 65.2 Å². The molecule has 25 heavy (non-hydrogen) atoms. The number of Topliss-reactive ketones (excluding diaryl/α,β-unsaturated/α-hetero) is 1. The lowest BCUT2D eigenvalue weighted by Crippen LogP contribution is -2.34. The largest absolute Gasteiger partial charge is 0.488 e. The summed E-state index contributed by atoms with van der Waals surface area (Å²) < 4.78 is 32.1. The number of benzene rings is 2. The Morgan fingerprint density at radius 1 is 1.12 bits per heavy atom. The molecule has 0 bridgehead atoms. The molecule has 4 nitrogen and oxygen atoms in total. The van der Waals surface area contributed by atoms with Gasteiger partial charge in [0.15, 0.2) is 5.78 Å². The number of carbonyl (C=O) groups excluding carboxylic acids is 2. The number of carbonyl (C=O) groups is 2. The summed E-state index contributed by atoms with van der Waals surface area (Å²) >= 11 is 0. The summed E-state index contributed by atoms with van der Waals surface area (Å²) in [5.74, 6) is -1.68. The third kappa shape index (κ3) is 4.21. The van der Waals surface area contributed by atoms with Gasteiger partial charge in [-0.1, -0.05) is 18.2 Å². The van der Waals surface area contributed by atoms with Gasteiger partial charge in [-0.25, -0.2) is 8.78 Å². The summed E-state index contributed by atoms with van der Waals surface area (Å²) in [5, 5.41) is 2.72. The van der Waals surface area contributed by atoms with E-state index >= 15 is 0 Å². The van der Waals surface area contributed by atoms with Crippen LogP contribution in [0.1, 0.15) is 28.8 Å². The molecule has 130 valence electrons. The number of nitrogens with one attached hydrogen (secondary N) is 1. The molecule has 0 aromatic heterocycles. The maximum absolute atomic E-state index is 13.5. The molecule has 0 unspecified atom stereocenters. The molecule has 3 rings (SSSR count). The van der Waals surface area contributed by atoms with E-state index in [1.54, 1.807) is 0 Å². The normalized spacial score (nSPS) is 15.4. The molecule has 1 aliphatic heterocycles. The topological polar surface area (TPSA) is 55.4 Å². The van der Waals surface area contributed by atoms with Gasteiger partial charge >= 0.3 is 0 Å². The fourth-order valence-corrected chi connectivity index (χ4v) is 2.76. The number of rotatable bonds is 6. The third-order valence-electron chi connectivity index (χ3n) is 4.05. The van der Waals surface area contributed by atoms with Crippen LogP contribution in [-0.2, 0) is 11.2 Å². The van der Waals surface area contributed by atoms with E-state index in [1.807, 2.05) is 24.3 Å². The first kappa shape index (κ1) is 17.1. The Morgan fingerprint density at radius 2 is 1.92 bits per heavy atom. The molecule has 1 heterocycles. The van der Waals surface area contributed by atoms with Crippen molar-refractivity contribution < 1.29 is 23.1 Å². The molecule has 1 N–H and O–H groups in total. The fraction of sp³-hybridized carbons (Fsp3) is 0.263. The molecule has 1 atom stereocenters. The predicted molar refractivity (Wildman–Crippen MR) is 87.5 cm³/mol. The van der Waals surface area contributed by atoms with Gasteiger partial charge in [0, 0.05) is 25.3 Å². The molecule has 0 aliphatic carbocycles. The Labute approximate surface area is 143 Å². The quantitative estimate of drug-likeness (QED) is 0.819. The number of amides is 1. The zero-order valence-electron chi connectivity index (χ0n) is 13.4. The summed E-state index contributed by atoms with van der Waals surface area (Å²) in [4.78, 5) is 23.8. The number of hydrogen-bond acceptors (Lipinski definition) is 3. The average Bonchev–Trinajstić information content (AvgIpc) is 3.01. The smallest absolute Gasteiger partial charge is 0.220 e. The summed E-state index contributed by atoms with van der Waals surface area (Å²) in [7, 11) is 0. The van der Waals surface area contributed by atoms with Crippen LogP contribution in [0.4, 0.5) is 8.78 Å². The van der Waals surface area contributed by atoms with Gasteiger partial charge in [0.05, 0.1) is 12.1 Å². The second kappa shape index (κ2) is 7.42. The van der Waals surface area contributed by atoms with Crippen LogP contribution in [-0.4, -0.2) is 24.3 Å². The van der Waals surface area contributed by atoms with Crippen LogP contribution in [0.2, 0.25) is 0 Å². The van der Waals surface area contributed by atoms with Crippen molar-refractivity contribution in [3.63, 3.8) is 0 Å². The predicted octanol–water partition coefficient (Wildman–Crippen LogP) is 3.05. The maximum atomic E-state index is 13.5. The lowest BCUT2D eigenvalue weighted by atomic mass is 10.1. The standard InChI is InChI=1S/C19H17F2NO3/c20-13-5-6-15(16(21)10-13)17(23)7-8-19(24)22-11-14-9-12-3-1-2-4-18(12)25-14/h1-6,10,14H,7-9,11H2,(H,22,24)/t14-/m0/s1. The van der Waals surface area contributed by atoms with Gasteiger partial charge in [-0.2, -0.15) is 0 Å². The van der Waals surface area contributed by atoms with Crippen molar-refractivity contribution in [1.82, 2.24) is 5.32 Å². The van der Waals surface area contributed by atoms with E-state index < -0.39 is 17.4 Å². The summed E-state index contributed by atoms with van der Waals surface area (Å²) in [6.45, 7) is 0.340. The van der Waals surface area contributed by atoms with Crippen molar-refractivity contribution in [1.29, 1.82) is 0 Å². The zero-order chi connectivity index (χ0) is 17.8. The average molecular weight is 345 g/mol. The number of hydrogen-bond donors (Lipinski definition) is 1. The van der Waals surface area contributed by atoms with E-state index in [1.165, 1.54) is 0 Å². The van der Waals surface area contributed by atoms with Crippen LogP contribution < -0.4 is 10.1 Å². The molecule has 2 aromatic rings. The maximum Gasteiger partial charge on any atom is 0.220 e. The molecule has 1 aliphatic rings. The van der Waals surface area contributed by atoms with Crippen LogP contribution in [0.5, 0.6) is 5.75 Å². The van der Waals surface area contributed by atoms with Gasteiger partial charge in [-0.05, 0) is 23.8 Å². The van der Waals surface area contributed by atoms with Crippen molar-refractivity contribution in [2.75, 3.05) is 6.54 Å². The van der Waals surface area contributed by atoms with Crippen molar-refractivity contribution in [2.24, 2.45) is 0 Å². The number of fused-ring (bicyclic) bond motifs is 1. The van der Waals surface area contributed by atoms with Crippen LogP contribution in [0.3, 0.4) is 0 Å². The van der Waals surface area contributed by atoms with Gasteiger partial charge in [0.25, 0.3) is 0 Å². The lowest BCUT2D eigenvalue weighted by Gasteiger charge is -2.11. The Kier molecular flexibility index (Phi) is 5.07. The first-order valence-electron chi connectivity index (χ1n) is 8.02. The summed E-state index contributed by atoms with van der Waals surface area (Å²) in [6, 6.07) is 10.5. The third-order valence-corrected chi connectivity index (χ3v) is 4.05. The molecule has 0 fully saturated rings. The highest BCUT2D eigenvalue weighted by molar-refractivity contribution is 5.98. The Hall–Kier alpha value is -2.76. The molecule has 2 aromatic carbocycles. The molecule has 0 spiro atoms. The van der Waals surface area contributed by atoms with Crippen LogP contribution >= 0.6 is 0 Å². The van der Waals surface area contributed by atoms with E-state index in [9.17, 15) is 18.4 Å². The highest BCUT2D eigenvalue weighted by atomic mass is 19.1. The number of halogens is 2. The van der Waals surface area contributed by atoms with E-state index in [4.69, 9.17) is 4.74 Å². The second-order valence-corrected chi connectivity index (χ2v) is 5.90. The number of para-hydroxylation sites is 1. The van der Waals surface area contributed by atoms with Gasteiger partial charge in [-0.15, -0.1) is 0 Å². The SMILES string of the molecule is O=C(CCC(=O)c1ccc(F)cc1F)NC[C@@H]1Cc2ccccc2O1. The van der Waals surface area contributed by atoms with E-state index in [0.29, 0.717) is 12.6 Å². The molecule has 6 heteroatoms. The van der Waals surface area contributed by atoms with Crippen LogP contribution in [0, 0.1) is 11.6 Å². The second-order valence-electron chi connectivity index (χ2n) is 5.90. The van der Waals surface area contributed by atoms with Gasteiger partial charge < -0.3 is 10.1 Å². The highest BCUT2D eigenvalue weighted by Gasteiger charge is 2.22. The summed E-state index contributed by atoms with van der Waals surface area (Å²) in [6.07, 6.45) is 0.387. The Balaban J connectivity index is 1.43. The van der Waals surface area contributed by atoms with Gasteiger partial charge in [-0.3, -0.25) is 9.59 Å². The fourth-order valence-electron chi connectivity index (χ4n) is 2.76. The van der Waals surface area contributed by atoms with Crippen LogP contribution in [0.25, 0.3) is 0 Å². The van der Waals surface area contributed by atoms with Gasteiger partial charge in [0.2, 0.25) is 5.91 Å². The summed E-state index contributed by atoms with van der Waals surface area (Å²) in [5.41, 5.74) is 0.896. The number of ketones is 1. The van der Waals surface area contributed by atoms with E-state index in [0.717, 1.165) is 29.9 Å². The molecule has 0 saturated heterocycles. The number of ether oxygens (including phenoxy) is 1. The minimum atomic E-state index is -0.914. The molecule has 0 saturated carbocycles. The Bertz CT molecular complexity index is 782. The molecule has 1 amide bonds. The molecular weight excluding hydrogens is 328 g/mol. The highest BCUT2D eigenvalue weighted by Crippen LogP contribution is 2.27. The minimum Gasteiger partial charge on any atom is -0.488 e. The van der Waals surface area contributed by atoms with E-state index in [-0.39, 0.29) is 30.4 Å². The first-order valence-corrected chi connectivity index (χ1v) is 8.02. The molecular formula is C19H17F2NO3. The zero-order valence-corrected chi connectivity index (χ0v) is 13.4. The minimum absolute atomic E-state index is 0.0602. The monoisotopic (exact) mass is 345 g/mol. The van der Waals surface area contributed by atoms with E-state index in [2.05, 4.69) is 5.32 Å². The van der Waals surface area contributed by atoms with Crippen molar-refractivity contribution in [3.8, 4) is 5.75 Å². The van der Waals surface area contributed by atoms with Gasteiger partial charge in [0.1, 0.15) is 23.5 Å². The first-order chi connectivity index (χ1) is 12.0. The lowest BCUT2D eigenvalue weighted by molar-refractivity contribution is -0.121. The Morgan fingerprint density at radius 3 is 2.68 bits per heavy atom. The van der Waals surface area contributed by atoms with Crippen LogP contribution in [0.15, 0.2) is 42.5 Å². The van der Waals surface area contributed by atoms with Crippen molar-refractivity contribution in [2.45, 2.75) is 25.4 Å². The van der Waals surface area contributed by atoms with Crippen molar-refractivity contribution >= 4 is 11.7 Å². The molecule has 0 radical (unpaired) electrons.